The van der Waals surface area contributed by atoms with Crippen LogP contribution < -0.4 is 0 Å². The Hall–Kier alpha value is -1.51. The molecule has 0 aliphatic carbocycles. The van der Waals surface area contributed by atoms with E-state index in [0.717, 1.165) is 16.8 Å². The number of carboxylic acids is 2. The minimum Gasteiger partial charge on any atom is -0.479 e. The van der Waals surface area contributed by atoms with Crippen molar-refractivity contribution in [3.63, 3.8) is 0 Å². The van der Waals surface area contributed by atoms with Crippen LogP contribution in [0.4, 0.5) is 0 Å². The van der Waals surface area contributed by atoms with Crippen molar-refractivity contribution in [3.05, 3.63) is 16.1 Å². The van der Waals surface area contributed by atoms with Crippen molar-refractivity contribution in [2.45, 2.75) is 12.2 Å². The van der Waals surface area contributed by atoms with Crippen LogP contribution in [0.3, 0.4) is 0 Å². The molecule has 0 spiro atoms. The van der Waals surface area contributed by atoms with E-state index in [1.54, 1.807) is 0 Å². The predicted octanol–water partition coefficient (Wildman–Crippen LogP) is -0.680. The van der Waals surface area contributed by atoms with Gasteiger partial charge in [0.2, 0.25) is 0 Å². The average molecular weight is 233 g/mol. The van der Waals surface area contributed by atoms with E-state index < -0.39 is 29.8 Å². The summed E-state index contributed by atoms with van der Waals surface area (Å²) >= 11 is 0.766. The molecular formula is C7H7NO6S. The number of hydrogen-bond acceptors (Lipinski definition) is 6. The molecule has 0 aromatic carbocycles. The van der Waals surface area contributed by atoms with E-state index >= 15 is 0 Å². The van der Waals surface area contributed by atoms with Crippen molar-refractivity contribution in [1.29, 1.82) is 0 Å². The molecule has 1 heterocycles. The first-order valence-corrected chi connectivity index (χ1v) is 4.58. The highest BCUT2D eigenvalue weighted by Crippen LogP contribution is 2.25. The summed E-state index contributed by atoms with van der Waals surface area (Å²) in [6.07, 6.45) is -3.86. The maximum absolute atomic E-state index is 10.6. The molecule has 0 fully saturated rings. The molecule has 0 saturated heterocycles. The Kier molecular flexibility index (Phi) is 3.35. The molecule has 82 valence electrons. The Bertz CT molecular complexity index is 389. The van der Waals surface area contributed by atoms with Gasteiger partial charge in [-0.05, 0) is 0 Å². The van der Waals surface area contributed by atoms with Gasteiger partial charge in [0.1, 0.15) is 6.10 Å². The van der Waals surface area contributed by atoms with Gasteiger partial charge in [0.25, 0.3) is 0 Å². The van der Waals surface area contributed by atoms with Gasteiger partial charge in [0.15, 0.2) is 11.8 Å². The molecule has 0 amide bonds. The second-order valence-corrected chi connectivity index (χ2v) is 3.48. The van der Waals surface area contributed by atoms with Crippen LogP contribution in [0.5, 0.6) is 0 Å². The van der Waals surface area contributed by atoms with Gasteiger partial charge in [-0.3, -0.25) is 0 Å². The maximum Gasteiger partial charge on any atom is 0.355 e. The zero-order valence-electron chi connectivity index (χ0n) is 7.19. The minimum atomic E-state index is -2.07. The highest BCUT2D eigenvalue weighted by Gasteiger charge is 2.30. The summed E-state index contributed by atoms with van der Waals surface area (Å²) in [5, 5.41) is 35.4. The first-order valence-electron chi connectivity index (χ1n) is 3.70. The third-order valence-corrected chi connectivity index (χ3v) is 2.52. The van der Waals surface area contributed by atoms with Crippen LogP contribution in [-0.2, 0) is 4.79 Å². The Morgan fingerprint density at radius 3 is 2.40 bits per heavy atom. The van der Waals surface area contributed by atoms with Crippen LogP contribution in [0.15, 0.2) is 5.51 Å². The van der Waals surface area contributed by atoms with Crippen LogP contribution in [0, 0.1) is 0 Å². The second kappa shape index (κ2) is 4.34. The molecule has 0 radical (unpaired) electrons. The van der Waals surface area contributed by atoms with Gasteiger partial charge in [-0.2, -0.15) is 0 Å². The molecule has 1 aromatic rings. The molecule has 15 heavy (non-hydrogen) atoms. The summed E-state index contributed by atoms with van der Waals surface area (Å²) in [6.45, 7) is 0. The van der Waals surface area contributed by atoms with Gasteiger partial charge in [0.05, 0.1) is 10.4 Å². The molecule has 4 N–H and O–H groups in total. The van der Waals surface area contributed by atoms with E-state index in [1.807, 2.05) is 0 Å². The van der Waals surface area contributed by atoms with Gasteiger partial charge in [0, 0.05) is 0 Å². The SMILES string of the molecule is O=C(O)c1ncsc1C(O)C(O)C(=O)O. The predicted molar refractivity (Wildman–Crippen MR) is 47.7 cm³/mol. The summed E-state index contributed by atoms with van der Waals surface area (Å²) in [5.74, 6) is -3.02. The topological polar surface area (TPSA) is 128 Å². The van der Waals surface area contributed by atoms with E-state index in [0.29, 0.717) is 0 Å². The fourth-order valence-corrected chi connectivity index (χ4v) is 1.70. The number of thiazole rings is 1. The lowest BCUT2D eigenvalue weighted by Crippen LogP contribution is -2.28. The third-order valence-electron chi connectivity index (χ3n) is 1.62. The zero-order chi connectivity index (χ0) is 11.6. The normalized spacial score (nSPS) is 14.5. The smallest absolute Gasteiger partial charge is 0.355 e. The van der Waals surface area contributed by atoms with Gasteiger partial charge in [-0.25, -0.2) is 14.6 Å². The molecule has 2 atom stereocenters. The highest BCUT2D eigenvalue weighted by atomic mass is 32.1. The average Bonchev–Trinajstić information content (AvgIpc) is 2.63. The van der Waals surface area contributed by atoms with Crippen LogP contribution in [0.2, 0.25) is 0 Å². The van der Waals surface area contributed by atoms with Crippen molar-refractivity contribution in [3.8, 4) is 0 Å². The van der Waals surface area contributed by atoms with E-state index in [-0.39, 0.29) is 4.88 Å². The monoisotopic (exact) mass is 233 g/mol. The van der Waals surface area contributed by atoms with Crippen molar-refractivity contribution >= 4 is 23.3 Å². The first kappa shape index (κ1) is 11.6. The lowest BCUT2D eigenvalue weighted by molar-refractivity contribution is -0.152. The Morgan fingerprint density at radius 2 is 1.93 bits per heavy atom. The molecule has 0 saturated carbocycles. The second-order valence-electron chi connectivity index (χ2n) is 2.60. The van der Waals surface area contributed by atoms with E-state index in [9.17, 15) is 14.7 Å². The lowest BCUT2D eigenvalue weighted by Gasteiger charge is -2.12. The number of carbonyl (C=O) groups is 2. The molecule has 0 aliphatic rings. The number of carboxylic acid groups (broad SMARTS) is 2. The summed E-state index contributed by atoms with van der Waals surface area (Å²) in [6, 6.07) is 0. The molecular weight excluding hydrogens is 226 g/mol. The minimum absolute atomic E-state index is 0.183. The number of aromatic carboxylic acids is 1. The summed E-state index contributed by atoms with van der Waals surface area (Å²) in [7, 11) is 0. The Morgan fingerprint density at radius 1 is 1.33 bits per heavy atom. The highest BCUT2D eigenvalue weighted by molar-refractivity contribution is 7.10. The lowest BCUT2D eigenvalue weighted by atomic mass is 10.1. The van der Waals surface area contributed by atoms with Crippen molar-refractivity contribution < 1.29 is 30.0 Å². The van der Waals surface area contributed by atoms with Crippen molar-refractivity contribution in [1.82, 2.24) is 4.98 Å². The van der Waals surface area contributed by atoms with Crippen LogP contribution in [0.25, 0.3) is 0 Å². The van der Waals surface area contributed by atoms with Crippen molar-refractivity contribution in [2.24, 2.45) is 0 Å². The molecule has 0 aliphatic heterocycles. The third kappa shape index (κ3) is 2.29. The van der Waals surface area contributed by atoms with Crippen molar-refractivity contribution in [2.75, 3.05) is 0 Å². The fourth-order valence-electron chi connectivity index (χ4n) is 0.904. The Balaban J connectivity index is 3.00. The largest absolute Gasteiger partial charge is 0.479 e. The molecule has 8 heteroatoms. The van der Waals surface area contributed by atoms with Gasteiger partial charge in [-0.15, -0.1) is 11.3 Å². The summed E-state index contributed by atoms with van der Waals surface area (Å²) < 4.78 is 0. The van der Waals surface area contributed by atoms with E-state index in [2.05, 4.69) is 4.98 Å². The number of rotatable bonds is 4. The number of hydrogen-bond donors (Lipinski definition) is 4. The van der Waals surface area contributed by atoms with Crippen LogP contribution in [-0.4, -0.2) is 43.5 Å². The van der Waals surface area contributed by atoms with Gasteiger partial charge >= 0.3 is 11.9 Å². The first-order chi connectivity index (χ1) is 6.95. The number of aliphatic carboxylic acids is 1. The Labute approximate surface area is 87.3 Å². The summed E-state index contributed by atoms with van der Waals surface area (Å²) in [4.78, 5) is 24.2. The molecule has 2 unspecified atom stereocenters. The standard InChI is InChI=1S/C7H7NO6S/c9-3(4(10)7(13)14)5-2(6(11)12)8-1-15-5/h1,3-4,9-10H,(H,11,12)(H,13,14). The molecule has 1 aromatic heterocycles. The fraction of sp³-hybridized carbons (Fsp3) is 0.286. The van der Waals surface area contributed by atoms with Gasteiger partial charge in [-0.1, -0.05) is 0 Å². The summed E-state index contributed by atoms with van der Waals surface area (Å²) in [5.41, 5.74) is 0.698. The zero-order valence-corrected chi connectivity index (χ0v) is 8.01. The van der Waals surface area contributed by atoms with Crippen LogP contribution >= 0.6 is 11.3 Å². The quantitative estimate of drug-likeness (QED) is 0.542. The van der Waals surface area contributed by atoms with E-state index in [4.69, 9.17) is 15.3 Å². The number of aliphatic hydroxyl groups excluding tert-OH is 2. The molecule has 0 bridgehead atoms. The van der Waals surface area contributed by atoms with E-state index in [1.165, 1.54) is 0 Å². The molecule has 7 nitrogen and oxygen atoms in total. The number of aromatic nitrogens is 1. The molecule has 1 rings (SSSR count). The van der Waals surface area contributed by atoms with Crippen LogP contribution in [0.1, 0.15) is 21.5 Å². The number of nitrogens with zero attached hydrogens (tertiary/aromatic N) is 1. The van der Waals surface area contributed by atoms with Gasteiger partial charge < -0.3 is 20.4 Å². The number of aliphatic hydroxyl groups is 2. The maximum atomic E-state index is 10.6.